The normalized spacial score (nSPS) is 17.8. The minimum atomic E-state index is -0.903. The van der Waals surface area contributed by atoms with Crippen LogP contribution in [0.4, 0.5) is 0 Å². The van der Waals surface area contributed by atoms with E-state index in [1.54, 1.807) is 18.3 Å². The van der Waals surface area contributed by atoms with Gasteiger partial charge in [-0.25, -0.2) is 4.79 Å². The molecule has 1 aromatic carbocycles. The first kappa shape index (κ1) is 13.8. The zero-order chi connectivity index (χ0) is 14.7. The molecule has 1 aliphatic rings. The van der Waals surface area contributed by atoms with Crippen LogP contribution in [0.2, 0.25) is 0 Å². The van der Waals surface area contributed by atoms with E-state index in [0.29, 0.717) is 11.5 Å². The van der Waals surface area contributed by atoms with E-state index < -0.39 is 5.97 Å². The number of nitrogens with one attached hydrogen (secondary N) is 1. The van der Waals surface area contributed by atoms with Crippen molar-refractivity contribution < 1.29 is 9.90 Å². The molecule has 1 atom stereocenters. The number of aromatic nitrogens is 1. The van der Waals surface area contributed by atoms with Crippen LogP contribution in [0.5, 0.6) is 0 Å². The van der Waals surface area contributed by atoms with Crippen LogP contribution in [-0.4, -0.2) is 29.1 Å². The third-order valence-corrected chi connectivity index (χ3v) is 3.97. The molecule has 1 saturated heterocycles. The zero-order valence-corrected chi connectivity index (χ0v) is 11.7. The Balaban J connectivity index is 1.88. The molecule has 4 heteroatoms. The van der Waals surface area contributed by atoms with Crippen LogP contribution >= 0.6 is 0 Å². The molecule has 1 aromatic heterocycles. The van der Waals surface area contributed by atoms with E-state index in [0.717, 1.165) is 30.8 Å². The van der Waals surface area contributed by atoms with Crippen molar-refractivity contribution >= 4 is 5.97 Å². The Labute approximate surface area is 123 Å². The van der Waals surface area contributed by atoms with Crippen LogP contribution in [0, 0.1) is 5.92 Å². The van der Waals surface area contributed by atoms with Gasteiger partial charge in [-0.3, -0.25) is 4.98 Å². The van der Waals surface area contributed by atoms with Gasteiger partial charge in [0.25, 0.3) is 0 Å². The van der Waals surface area contributed by atoms with Gasteiger partial charge in [-0.15, -0.1) is 0 Å². The van der Waals surface area contributed by atoms with E-state index >= 15 is 0 Å². The highest BCUT2D eigenvalue weighted by Gasteiger charge is 2.17. The molecule has 0 aliphatic carbocycles. The summed E-state index contributed by atoms with van der Waals surface area (Å²) in [5.74, 6) is -0.244. The lowest BCUT2D eigenvalue weighted by molar-refractivity contribution is 0.0697. The van der Waals surface area contributed by atoms with Crippen molar-refractivity contribution in [3.63, 3.8) is 0 Å². The molecule has 0 radical (unpaired) electrons. The predicted molar refractivity (Wildman–Crippen MR) is 81.3 cm³/mol. The van der Waals surface area contributed by atoms with Crippen molar-refractivity contribution in [2.24, 2.45) is 5.92 Å². The highest BCUT2D eigenvalue weighted by Crippen LogP contribution is 2.25. The quantitative estimate of drug-likeness (QED) is 0.905. The first-order valence-electron chi connectivity index (χ1n) is 7.22. The van der Waals surface area contributed by atoms with Gasteiger partial charge in [-0.2, -0.15) is 0 Å². The lowest BCUT2D eigenvalue weighted by atomic mass is 9.95. The van der Waals surface area contributed by atoms with Crippen molar-refractivity contribution in [1.29, 1.82) is 0 Å². The van der Waals surface area contributed by atoms with Gasteiger partial charge in [-0.05, 0) is 55.6 Å². The fourth-order valence-corrected chi connectivity index (χ4v) is 2.83. The molecule has 21 heavy (non-hydrogen) atoms. The molecular formula is C17H18N2O2. The van der Waals surface area contributed by atoms with Crippen molar-refractivity contribution in [3.05, 3.63) is 53.7 Å². The van der Waals surface area contributed by atoms with E-state index in [1.807, 2.05) is 18.2 Å². The summed E-state index contributed by atoms with van der Waals surface area (Å²) in [5, 5.41) is 12.4. The summed E-state index contributed by atoms with van der Waals surface area (Å²) in [6, 6.07) is 11.0. The summed E-state index contributed by atoms with van der Waals surface area (Å²) in [7, 11) is 0. The first-order valence-corrected chi connectivity index (χ1v) is 7.22. The van der Waals surface area contributed by atoms with Crippen molar-refractivity contribution in [3.8, 4) is 11.3 Å². The number of carboxylic acids is 1. The number of aromatic carboxylic acids is 1. The second kappa shape index (κ2) is 6.06. The van der Waals surface area contributed by atoms with Gasteiger partial charge in [0.2, 0.25) is 0 Å². The van der Waals surface area contributed by atoms with Gasteiger partial charge < -0.3 is 10.4 Å². The Morgan fingerprint density at radius 3 is 2.76 bits per heavy atom. The molecule has 3 rings (SSSR count). The summed E-state index contributed by atoms with van der Waals surface area (Å²) in [6.07, 6.45) is 4.00. The van der Waals surface area contributed by atoms with Gasteiger partial charge in [0, 0.05) is 11.8 Å². The minimum absolute atomic E-state index is 0.302. The van der Waals surface area contributed by atoms with Crippen LogP contribution in [0.3, 0.4) is 0 Å². The average molecular weight is 282 g/mol. The highest BCUT2D eigenvalue weighted by molar-refractivity contribution is 5.88. The molecule has 4 nitrogen and oxygen atoms in total. The number of carboxylic acid groups (broad SMARTS) is 1. The highest BCUT2D eigenvalue weighted by atomic mass is 16.4. The Kier molecular flexibility index (Phi) is 3.97. The van der Waals surface area contributed by atoms with Crippen LogP contribution < -0.4 is 5.32 Å². The molecule has 1 fully saturated rings. The molecule has 2 N–H and O–H groups in total. The zero-order valence-electron chi connectivity index (χ0n) is 11.7. The second-order valence-electron chi connectivity index (χ2n) is 5.46. The maximum Gasteiger partial charge on any atom is 0.335 e. The Morgan fingerprint density at radius 1 is 1.29 bits per heavy atom. The summed E-state index contributed by atoms with van der Waals surface area (Å²) in [6.45, 7) is 2.15. The lowest BCUT2D eigenvalue weighted by Gasteiger charge is -2.12. The fraction of sp³-hybridized carbons (Fsp3) is 0.294. The average Bonchev–Trinajstić information content (AvgIpc) is 3.01. The molecule has 2 aromatic rings. The summed E-state index contributed by atoms with van der Waals surface area (Å²) < 4.78 is 0. The van der Waals surface area contributed by atoms with E-state index in [4.69, 9.17) is 5.11 Å². The van der Waals surface area contributed by atoms with Crippen LogP contribution in [0.25, 0.3) is 11.3 Å². The number of hydrogen-bond acceptors (Lipinski definition) is 3. The number of carbonyl (C=O) groups is 1. The number of pyridine rings is 1. The molecule has 0 amide bonds. The molecule has 0 bridgehead atoms. The smallest absolute Gasteiger partial charge is 0.335 e. The largest absolute Gasteiger partial charge is 0.478 e. The monoisotopic (exact) mass is 282 g/mol. The van der Waals surface area contributed by atoms with Gasteiger partial charge in [-0.1, -0.05) is 18.2 Å². The van der Waals surface area contributed by atoms with Crippen molar-refractivity contribution in [2.45, 2.75) is 12.8 Å². The topological polar surface area (TPSA) is 62.2 Å². The predicted octanol–water partition coefficient (Wildman–Crippen LogP) is 2.60. The standard InChI is InChI=1S/C17H18N2O2/c20-17(21)14-5-3-13(4-6-14)16-15(2-1-8-19-16)10-12-7-9-18-11-12/h1-6,8,12,18H,7,9-11H2,(H,20,21). The summed E-state index contributed by atoms with van der Waals surface area (Å²) >= 11 is 0. The van der Waals surface area contributed by atoms with Crippen LogP contribution in [-0.2, 0) is 6.42 Å². The van der Waals surface area contributed by atoms with Gasteiger partial charge in [0.1, 0.15) is 0 Å². The number of hydrogen-bond donors (Lipinski definition) is 2. The Hall–Kier alpha value is -2.20. The molecular weight excluding hydrogens is 264 g/mol. The van der Waals surface area contributed by atoms with Gasteiger partial charge in [0.15, 0.2) is 0 Å². The molecule has 2 heterocycles. The third kappa shape index (κ3) is 3.11. The van der Waals surface area contributed by atoms with Crippen LogP contribution in [0.15, 0.2) is 42.6 Å². The number of nitrogens with zero attached hydrogens (tertiary/aromatic N) is 1. The second-order valence-corrected chi connectivity index (χ2v) is 5.46. The van der Waals surface area contributed by atoms with Gasteiger partial charge >= 0.3 is 5.97 Å². The molecule has 0 spiro atoms. The molecule has 0 saturated carbocycles. The van der Waals surface area contributed by atoms with Crippen LogP contribution in [0.1, 0.15) is 22.3 Å². The fourth-order valence-electron chi connectivity index (χ4n) is 2.83. The summed E-state index contributed by atoms with van der Waals surface area (Å²) in [4.78, 5) is 15.4. The Bertz CT molecular complexity index is 631. The third-order valence-electron chi connectivity index (χ3n) is 3.97. The Morgan fingerprint density at radius 2 is 2.10 bits per heavy atom. The van der Waals surface area contributed by atoms with Gasteiger partial charge in [0.05, 0.1) is 11.3 Å². The number of rotatable bonds is 4. The maximum atomic E-state index is 10.9. The summed E-state index contributed by atoms with van der Waals surface area (Å²) in [5.41, 5.74) is 3.47. The number of benzene rings is 1. The van der Waals surface area contributed by atoms with Crippen molar-refractivity contribution in [2.75, 3.05) is 13.1 Å². The SMILES string of the molecule is O=C(O)c1ccc(-c2ncccc2CC2CCNC2)cc1. The first-order chi connectivity index (χ1) is 10.2. The van der Waals surface area contributed by atoms with E-state index in [2.05, 4.69) is 16.4 Å². The molecule has 1 aliphatic heterocycles. The molecule has 108 valence electrons. The van der Waals surface area contributed by atoms with Crippen molar-refractivity contribution in [1.82, 2.24) is 10.3 Å². The van der Waals surface area contributed by atoms with E-state index in [1.165, 1.54) is 12.0 Å². The van der Waals surface area contributed by atoms with E-state index in [-0.39, 0.29) is 0 Å². The lowest BCUT2D eigenvalue weighted by Crippen LogP contribution is -2.11. The molecule has 1 unspecified atom stereocenters. The maximum absolute atomic E-state index is 10.9. The van der Waals surface area contributed by atoms with E-state index in [9.17, 15) is 4.79 Å². The minimum Gasteiger partial charge on any atom is -0.478 e.